The van der Waals surface area contributed by atoms with Crippen molar-refractivity contribution in [3.05, 3.63) is 40.5 Å². The van der Waals surface area contributed by atoms with Crippen molar-refractivity contribution in [1.29, 1.82) is 0 Å². The molecule has 0 radical (unpaired) electrons. The van der Waals surface area contributed by atoms with E-state index in [-0.39, 0.29) is 23.7 Å². The van der Waals surface area contributed by atoms with Gasteiger partial charge in [0.1, 0.15) is 17.7 Å². The van der Waals surface area contributed by atoms with Gasteiger partial charge < -0.3 is 19.9 Å². The molecule has 29 heavy (non-hydrogen) atoms. The molecule has 1 aromatic carbocycles. The summed E-state index contributed by atoms with van der Waals surface area (Å²) in [5.74, 6) is 0.0287. The average Bonchev–Trinajstić information content (AvgIpc) is 3.36. The van der Waals surface area contributed by atoms with Gasteiger partial charge in [0.15, 0.2) is 0 Å². The Morgan fingerprint density at radius 2 is 2.17 bits per heavy atom. The van der Waals surface area contributed by atoms with Crippen LogP contribution in [0.15, 0.2) is 28.9 Å². The van der Waals surface area contributed by atoms with Crippen LogP contribution < -0.4 is 5.32 Å². The quantitative estimate of drug-likeness (QED) is 0.696. The van der Waals surface area contributed by atoms with Crippen LogP contribution in [0.25, 0.3) is 11.3 Å². The maximum Gasteiger partial charge on any atom is 0.407 e. The number of aromatic nitrogens is 2. The number of aromatic amines is 1. The van der Waals surface area contributed by atoms with E-state index in [1.165, 1.54) is 13.2 Å². The van der Waals surface area contributed by atoms with Gasteiger partial charge in [-0.15, -0.1) is 0 Å². The monoisotopic (exact) mass is 466 g/mol. The third-order valence-corrected chi connectivity index (χ3v) is 5.71. The van der Waals surface area contributed by atoms with E-state index in [2.05, 4.69) is 36.0 Å². The summed E-state index contributed by atoms with van der Waals surface area (Å²) in [5, 5.41) is 2.63. The molecule has 2 aromatic rings. The molecule has 0 unspecified atom stereocenters. The van der Waals surface area contributed by atoms with Crippen LogP contribution in [-0.4, -0.2) is 46.6 Å². The maximum atomic E-state index is 13.9. The molecule has 7 nitrogen and oxygen atoms in total. The number of H-pyrrole nitrogens is 1. The highest BCUT2D eigenvalue weighted by molar-refractivity contribution is 9.10. The van der Waals surface area contributed by atoms with Crippen LogP contribution in [-0.2, 0) is 9.53 Å². The van der Waals surface area contributed by atoms with Crippen molar-refractivity contribution in [2.75, 3.05) is 13.7 Å². The lowest BCUT2D eigenvalue weighted by atomic mass is 10.0. The number of hydrogen-bond acceptors (Lipinski definition) is 4. The third-order valence-electron chi connectivity index (χ3n) is 5.07. The molecule has 9 heteroatoms. The zero-order valence-corrected chi connectivity index (χ0v) is 18.1. The molecule has 0 spiro atoms. The lowest BCUT2D eigenvalue weighted by Gasteiger charge is -2.30. The molecule has 156 valence electrons. The highest BCUT2D eigenvalue weighted by atomic mass is 79.9. The number of likely N-dealkylation sites (tertiary alicyclic amines) is 1. The molecule has 1 aromatic heterocycles. The van der Waals surface area contributed by atoms with Crippen molar-refractivity contribution in [3.63, 3.8) is 0 Å². The van der Waals surface area contributed by atoms with Gasteiger partial charge in [-0.25, -0.2) is 14.2 Å². The smallest absolute Gasteiger partial charge is 0.407 e. The lowest BCUT2D eigenvalue weighted by molar-refractivity contribution is -0.135. The number of imidazole rings is 1. The number of carbonyl (C=O) groups excluding carboxylic acids is 2. The van der Waals surface area contributed by atoms with Gasteiger partial charge in [0.2, 0.25) is 5.91 Å². The van der Waals surface area contributed by atoms with Crippen LogP contribution >= 0.6 is 15.9 Å². The van der Waals surface area contributed by atoms with Crippen LogP contribution in [0.3, 0.4) is 0 Å². The van der Waals surface area contributed by atoms with E-state index >= 15 is 0 Å². The van der Waals surface area contributed by atoms with Gasteiger partial charge in [0, 0.05) is 12.1 Å². The minimum atomic E-state index is -0.682. The van der Waals surface area contributed by atoms with Crippen LogP contribution in [0.5, 0.6) is 0 Å². The summed E-state index contributed by atoms with van der Waals surface area (Å²) in [7, 11) is 1.27. The Labute approximate surface area is 177 Å². The molecular formula is C20H24BrFN4O3. The first-order chi connectivity index (χ1) is 13.8. The Morgan fingerprint density at radius 3 is 2.83 bits per heavy atom. The molecule has 0 aliphatic carbocycles. The van der Waals surface area contributed by atoms with E-state index in [1.54, 1.807) is 23.2 Å². The van der Waals surface area contributed by atoms with Gasteiger partial charge >= 0.3 is 6.09 Å². The minimum Gasteiger partial charge on any atom is -0.453 e. The van der Waals surface area contributed by atoms with Crippen molar-refractivity contribution < 1.29 is 18.7 Å². The topological polar surface area (TPSA) is 87.3 Å². The predicted octanol–water partition coefficient (Wildman–Crippen LogP) is 4.02. The summed E-state index contributed by atoms with van der Waals surface area (Å²) in [6, 6.07) is 3.95. The number of nitrogens with one attached hydrogen (secondary N) is 2. The number of carbonyl (C=O) groups is 2. The van der Waals surface area contributed by atoms with E-state index in [4.69, 9.17) is 0 Å². The SMILES string of the molecule is COC(=O)N[C@H](C(=O)N1CCC[C@H]1c1ncc(-c2ccc(Br)c(F)c2)[nH]1)C(C)C. The number of alkyl carbamates (subject to hydrolysis) is 1. The Hall–Kier alpha value is -2.42. The molecule has 0 saturated carbocycles. The summed E-state index contributed by atoms with van der Waals surface area (Å²) in [5.41, 5.74) is 1.35. The minimum absolute atomic E-state index is 0.0965. The second-order valence-electron chi connectivity index (χ2n) is 7.36. The average molecular weight is 467 g/mol. The van der Waals surface area contributed by atoms with E-state index < -0.39 is 12.1 Å². The molecular weight excluding hydrogens is 443 g/mol. The lowest BCUT2D eigenvalue weighted by Crippen LogP contribution is -2.51. The van der Waals surface area contributed by atoms with Crippen molar-refractivity contribution in [2.45, 2.75) is 38.8 Å². The highest BCUT2D eigenvalue weighted by Crippen LogP contribution is 2.33. The summed E-state index contributed by atoms with van der Waals surface area (Å²) < 4.78 is 18.9. The van der Waals surface area contributed by atoms with Crippen LogP contribution in [0.2, 0.25) is 0 Å². The first-order valence-electron chi connectivity index (χ1n) is 9.47. The summed E-state index contributed by atoms with van der Waals surface area (Å²) in [4.78, 5) is 34.2. The van der Waals surface area contributed by atoms with Crippen LogP contribution in [0.1, 0.15) is 38.6 Å². The summed E-state index contributed by atoms with van der Waals surface area (Å²) >= 11 is 3.15. The second kappa shape index (κ2) is 8.94. The highest BCUT2D eigenvalue weighted by Gasteiger charge is 2.37. The van der Waals surface area contributed by atoms with Crippen molar-refractivity contribution in [3.8, 4) is 11.3 Å². The zero-order valence-electron chi connectivity index (χ0n) is 16.5. The largest absolute Gasteiger partial charge is 0.453 e. The Kier molecular flexibility index (Phi) is 6.56. The fourth-order valence-electron chi connectivity index (χ4n) is 3.51. The van der Waals surface area contributed by atoms with E-state index in [0.717, 1.165) is 12.8 Å². The van der Waals surface area contributed by atoms with Gasteiger partial charge in [-0.2, -0.15) is 0 Å². The number of nitrogens with zero attached hydrogens (tertiary/aromatic N) is 2. The Balaban J connectivity index is 1.81. The summed E-state index contributed by atoms with van der Waals surface area (Å²) in [6.45, 7) is 4.33. The molecule has 2 atom stereocenters. The molecule has 2 amide bonds. The summed E-state index contributed by atoms with van der Waals surface area (Å²) in [6.07, 6.45) is 2.61. The van der Waals surface area contributed by atoms with Crippen molar-refractivity contribution >= 4 is 27.9 Å². The third kappa shape index (κ3) is 4.60. The van der Waals surface area contributed by atoms with Gasteiger partial charge in [-0.1, -0.05) is 19.9 Å². The fraction of sp³-hybridized carbons (Fsp3) is 0.450. The van der Waals surface area contributed by atoms with E-state index in [0.29, 0.717) is 28.1 Å². The number of benzene rings is 1. The van der Waals surface area contributed by atoms with Crippen molar-refractivity contribution in [2.24, 2.45) is 5.92 Å². The number of rotatable bonds is 5. The van der Waals surface area contributed by atoms with Gasteiger partial charge in [0.05, 0.1) is 29.5 Å². The number of hydrogen-bond donors (Lipinski definition) is 2. The number of ether oxygens (including phenoxy) is 1. The fourth-order valence-corrected chi connectivity index (χ4v) is 3.76. The molecule has 0 bridgehead atoms. The van der Waals surface area contributed by atoms with Crippen molar-refractivity contribution in [1.82, 2.24) is 20.2 Å². The maximum absolute atomic E-state index is 13.9. The number of amides is 2. The molecule has 2 heterocycles. The molecule has 2 N–H and O–H groups in total. The second-order valence-corrected chi connectivity index (χ2v) is 8.21. The molecule has 1 aliphatic heterocycles. The van der Waals surface area contributed by atoms with Crippen LogP contribution in [0.4, 0.5) is 9.18 Å². The van der Waals surface area contributed by atoms with Gasteiger partial charge in [0.25, 0.3) is 0 Å². The van der Waals surface area contributed by atoms with Gasteiger partial charge in [-0.05, 0) is 46.8 Å². The van der Waals surface area contributed by atoms with E-state index in [1.807, 2.05) is 13.8 Å². The van der Waals surface area contributed by atoms with Gasteiger partial charge in [-0.3, -0.25) is 4.79 Å². The first-order valence-corrected chi connectivity index (χ1v) is 10.3. The van der Waals surface area contributed by atoms with E-state index in [9.17, 15) is 14.0 Å². The number of methoxy groups -OCH3 is 1. The Morgan fingerprint density at radius 1 is 1.41 bits per heavy atom. The molecule has 1 fully saturated rings. The zero-order chi connectivity index (χ0) is 21.1. The molecule has 1 saturated heterocycles. The Bertz CT molecular complexity index is 902. The number of halogens is 2. The molecule has 3 rings (SSSR count). The first kappa shape index (κ1) is 21.3. The predicted molar refractivity (Wildman–Crippen MR) is 110 cm³/mol. The van der Waals surface area contributed by atoms with Crippen LogP contribution in [0, 0.1) is 11.7 Å². The normalized spacial score (nSPS) is 17.4. The molecule has 1 aliphatic rings. The standard InChI is InChI=1S/C20H24BrFN4O3/c1-11(2)17(25-20(28)29-3)19(27)26-8-4-5-16(26)18-23-10-15(24-18)12-6-7-13(21)14(22)9-12/h6-7,9-11,16-17H,4-5,8H2,1-3H3,(H,23,24)(H,25,28)/t16-,17-/m0/s1.